The lowest BCUT2D eigenvalue weighted by molar-refractivity contribution is 0.0738. The minimum atomic E-state index is -0.225. The number of aromatic nitrogens is 3. The van der Waals surface area contributed by atoms with Crippen LogP contribution in [0.2, 0.25) is 0 Å². The van der Waals surface area contributed by atoms with Crippen molar-refractivity contribution in [2.45, 2.75) is 0 Å². The van der Waals surface area contributed by atoms with Crippen molar-refractivity contribution in [3.63, 3.8) is 0 Å². The summed E-state index contributed by atoms with van der Waals surface area (Å²) in [6.45, 7) is 2.68. The first kappa shape index (κ1) is 16.9. The quantitative estimate of drug-likeness (QED) is 0.687. The van der Waals surface area contributed by atoms with Crippen molar-refractivity contribution in [3.05, 3.63) is 50.4 Å². The van der Waals surface area contributed by atoms with Crippen molar-refractivity contribution in [1.82, 2.24) is 19.7 Å². The molecule has 0 unspecified atom stereocenters. The summed E-state index contributed by atoms with van der Waals surface area (Å²) in [5.41, 5.74) is 2.22. The zero-order valence-corrected chi connectivity index (χ0v) is 15.8. The number of thiazole rings is 1. The fourth-order valence-corrected chi connectivity index (χ4v) is 4.37. The minimum Gasteiger partial charge on any atom is -0.345 e. The lowest BCUT2D eigenvalue weighted by atomic mass is 10.2. The summed E-state index contributed by atoms with van der Waals surface area (Å²) >= 11 is 3.29. The Hall–Kier alpha value is -2.52. The molecule has 0 aromatic carbocycles. The Labute approximate surface area is 158 Å². The molecule has 3 aromatic rings. The smallest absolute Gasteiger partial charge is 0.274 e. The predicted octanol–water partition coefficient (Wildman–Crippen LogP) is 1.93. The van der Waals surface area contributed by atoms with Crippen LogP contribution in [0.25, 0.3) is 11.3 Å². The molecule has 9 heteroatoms. The van der Waals surface area contributed by atoms with Crippen LogP contribution in [0.1, 0.15) is 10.5 Å². The number of carbonyl (C=O) groups excluding carboxylic acids is 1. The maximum absolute atomic E-state index is 12.6. The second kappa shape index (κ2) is 7.00. The lowest BCUT2D eigenvalue weighted by Crippen LogP contribution is -2.49. The standard InChI is InChI=1S/C17H17N5O2S2/c1-20-15(23)3-2-13(19-20)16(24)21-5-7-22(8-6-21)17-18-14(11-26-17)12-4-9-25-10-12/h2-4,9-11H,5-8H2,1H3. The van der Waals surface area contributed by atoms with E-state index in [-0.39, 0.29) is 11.5 Å². The second-order valence-electron chi connectivity index (χ2n) is 5.99. The van der Waals surface area contributed by atoms with Crippen LogP contribution in [-0.2, 0) is 7.05 Å². The summed E-state index contributed by atoms with van der Waals surface area (Å²) in [5, 5.41) is 11.2. The molecule has 4 heterocycles. The van der Waals surface area contributed by atoms with Crippen molar-refractivity contribution in [3.8, 4) is 11.3 Å². The number of carbonyl (C=O) groups is 1. The van der Waals surface area contributed by atoms with E-state index in [2.05, 4.69) is 26.8 Å². The van der Waals surface area contributed by atoms with E-state index in [1.54, 1.807) is 34.6 Å². The van der Waals surface area contributed by atoms with Crippen LogP contribution in [-0.4, -0.2) is 51.8 Å². The Kier molecular flexibility index (Phi) is 4.56. The Morgan fingerprint density at radius 2 is 1.92 bits per heavy atom. The number of rotatable bonds is 3. The predicted molar refractivity (Wildman–Crippen MR) is 103 cm³/mol. The van der Waals surface area contributed by atoms with E-state index in [1.807, 2.05) is 5.38 Å². The van der Waals surface area contributed by atoms with Crippen LogP contribution in [0.4, 0.5) is 5.13 Å². The molecule has 0 saturated carbocycles. The molecule has 1 saturated heterocycles. The first-order valence-corrected chi connectivity index (χ1v) is 10.0. The highest BCUT2D eigenvalue weighted by Gasteiger charge is 2.24. The maximum atomic E-state index is 12.6. The van der Waals surface area contributed by atoms with Gasteiger partial charge in [0.2, 0.25) is 0 Å². The van der Waals surface area contributed by atoms with Gasteiger partial charge >= 0.3 is 0 Å². The van der Waals surface area contributed by atoms with E-state index in [4.69, 9.17) is 4.98 Å². The van der Waals surface area contributed by atoms with Gasteiger partial charge in [0.15, 0.2) is 5.13 Å². The van der Waals surface area contributed by atoms with Crippen molar-refractivity contribution in [1.29, 1.82) is 0 Å². The molecular formula is C17H17N5O2S2. The largest absolute Gasteiger partial charge is 0.345 e. The number of aryl methyl sites for hydroxylation is 1. The molecule has 4 rings (SSSR count). The highest BCUT2D eigenvalue weighted by Crippen LogP contribution is 2.29. The number of nitrogens with zero attached hydrogens (tertiary/aromatic N) is 5. The molecule has 0 N–H and O–H groups in total. The molecule has 0 spiro atoms. The number of hydrogen-bond donors (Lipinski definition) is 0. The fraction of sp³-hybridized carbons (Fsp3) is 0.294. The van der Waals surface area contributed by atoms with Gasteiger partial charge in [-0.2, -0.15) is 16.4 Å². The van der Waals surface area contributed by atoms with Gasteiger partial charge in [-0.1, -0.05) is 0 Å². The SMILES string of the molecule is Cn1nc(C(=O)N2CCN(c3nc(-c4ccsc4)cs3)CC2)ccc1=O. The molecule has 7 nitrogen and oxygen atoms in total. The third-order valence-electron chi connectivity index (χ3n) is 4.33. The van der Waals surface area contributed by atoms with E-state index in [1.165, 1.54) is 16.8 Å². The Morgan fingerprint density at radius 1 is 1.12 bits per heavy atom. The summed E-state index contributed by atoms with van der Waals surface area (Å²) in [4.78, 5) is 32.7. The number of hydrogen-bond acceptors (Lipinski definition) is 7. The average molecular weight is 387 g/mol. The van der Waals surface area contributed by atoms with Crippen molar-refractivity contribution < 1.29 is 4.79 Å². The van der Waals surface area contributed by atoms with Gasteiger partial charge in [-0.3, -0.25) is 9.59 Å². The second-order valence-corrected chi connectivity index (χ2v) is 7.60. The van der Waals surface area contributed by atoms with Crippen LogP contribution in [0.3, 0.4) is 0 Å². The Morgan fingerprint density at radius 3 is 2.62 bits per heavy atom. The van der Waals surface area contributed by atoms with Crippen molar-refractivity contribution in [2.75, 3.05) is 31.1 Å². The van der Waals surface area contributed by atoms with Gasteiger partial charge in [0.05, 0.1) is 5.69 Å². The fourth-order valence-electron chi connectivity index (χ4n) is 2.83. The van der Waals surface area contributed by atoms with Gasteiger partial charge in [0, 0.05) is 55.6 Å². The molecular weight excluding hydrogens is 370 g/mol. The summed E-state index contributed by atoms with van der Waals surface area (Å²) < 4.78 is 1.19. The highest BCUT2D eigenvalue weighted by atomic mass is 32.1. The normalized spacial score (nSPS) is 14.7. The van der Waals surface area contributed by atoms with Crippen LogP contribution in [0, 0.1) is 0 Å². The summed E-state index contributed by atoms with van der Waals surface area (Å²) in [7, 11) is 1.55. The third-order valence-corrected chi connectivity index (χ3v) is 5.91. The third kappa shape index (κ3) is 3.27. The monoisotopic (exact) mass is 387 g/mol. The van der Waals surface area contributed by atoms with E-state index < -0.39 is 0 Å². The zero-order valence-electron chi connectivity index (χ0n) is 14.2. The van der Waals surface area contributed by atoms with Gasteiger partial charge in [0.25, 0.3) is 11.5 Å². The Bertz CT molecular complexity index is 971. The first-order valence-electron chi connectivity index (χ1n) is 8.18. The minimum absolute atomic E-state index is 0.140. The van der Waals surface area contributed by atoms with Gasteiger partial charge in [-0.05, 0) is 17.5 Å². The lowest BCUT2D eigenvalue weighted by Gasteiger charge is -2.34. The molecule has 0 atom stereocenters. The number of amides is 1. The maximum Gasteiger partial charge on any atom is 0.274 e. The van der Waals surface area contributed by atoms with Crippen LogP contribution in [0.15, 0.2) is 39.1 Å². The first-order chi connectivity index (χ1) is 12.6. The van der Waals surface area contributed by atoms with E-state index >= 15 is 0 Å². The molecule has 134 valence electrons. The molecule has 0 radical (unpaired) electrons. The number of thiophene rings is 1. The molecule has 3 aromatic heterocycles. The molecule has 26 heavy (non-hydrogen) atoms. The van der Waals surface area contributed by atoms with Crippen molar-refractivity contribution in [2.24, 2.45) is 7.05 Å². The summed E-state index contributed by atoms with van der Waals surface area (Å²) in [6.07, 6.45) is 0. The summed E-state index contributed by atoms with van der Waals surface area (Å²) in [6, 6.07) is 4.93. The summed E-state index contributed by atoms with van der Waals surface area (Å²) in [5.74, 6) is -0.140. The number of piperazine rings is 1. The van der Waals surface area contributed by atoms with E-state index in [0.717, 1.165) is 29.5 Å². The molecule has 1 aliphatic rings. The van der Waals surface area contributed by atoms with Crippen molar-refractivity contribution >= 4 is 33.7 Å². The van der Waals surface area contributed by atoms with Crippen LogP contribution < -0.4 is 10.5 Å². The van der Waals surface area contributed by atoms with E-state index in [0.29, 0.717) is 18.8 Å². The molecule has 1 aliphatic heterocycles. The number of anilines is 1. The molecule has 0 aliphatic carbocycles. The zero-order chi connectivity index (χ0) is 18.1. The van der Waals surface area contributed by atoms with Gasteiger partial charge in [-0.15, -0.1) is 11.3 Å². The van der Waals surface area contributed by atoms with E-state index in [9.17, 15) is 9.59 Å². The molecule has 0 bridgehead atoms. The topological polar surface area (TPSA) is 71.3 Å². The van der Waals surface area contributed by atoms with Gasteiger partial charge < -0.3 is 9.80 Å². The molecule has 1 amide bonds. The Balaban J connectivity index is 1.41. The van der Waals surface area contributed by atoms with Gasteiger partial charge in [0.1, 0.15) is 5.69 Å². The van der Waals surface area contributed by atoms with Crippen LogP contribution in [0.5, 0.6) is 0 Å². The highest BCUT2D eigenvalue weighted by molar-refractivity contribution is 7.14. The molecule has 1 fully saturated rings. The van der Waals surface area contributed by atoms with Gasteiger partial charge in [-0.25, -0.2) is 9.67 Å². The van der Waals surface area contributed by atoms with Crippen LogP contribution >= 0.6 is 22.7 Å². The average Bonchev–Trinajstić information content (AvgIpc) is 3.35.